The molecule has 0 aliphatic carbocycles. The van der Waals surface area contributed by atoms with E-state index < -0.39 is 20.0 Å². The summed E-state index contributed by atoms with van der Waals surface area (Å²) >= 11 is 0. The molecule has 8 nitrogen and oxygen atoms in total. The summed E-state index contributed by atoms with van der Waals surface area (Å²) in [5, 5.41) is 13.0. The molecule has 200 valence electrons. The minimum atomic E-state index is -4.28. The molecule has 0 aromatic heterocycles. The van der Waals surface area contributed by atoms with E-state index in [1.54, 1.807) is 6.08 Å². The Bertz CT molecular complexity index is 633. The lowest BCUT2D eigenvalue weighted by Crippen LogP contribution is -2.44. The molecule has 0 aromatic rings. The third kappa shape index (κ3) is 21.5. The van der Waals surface area contributed by atoms with Gasteiger partial charge in [0, 0.05) is 6.92 Å². The molecule has 0 rings (SSSR count). The Hall–Kier alpha value is -1.02. The number of likely N-dealkylation sites (N-methyl/N-ethyl adjacent to an activating group) is 1. The van der Waals surface area contributed by atoms with Gasteiger partial charge in [0.05, 0.1) is 39.9 Å². The number of hydrogen-bond donors (Lipinski definition) is 3. The average molecular weight is 506 g/mol. The molecule has 3 N–H and O–H groups in total. The van der Waals surface area contributed by atoms with Crippen LogP contribution in [0.25, 0.3) is 0 Å². The molecule has 0 aromatic carbocycles. The number of nitrogens with zero attached hydrogens (tertiary/aromatic N) is 1. The van der Waals surface area contributed by atoms with Crippen LogP contribution in [0.3, 0.4) is 0 Å². The molecule has 0 spiro atoms. The summed E-state index contributed by atoms with van der Waals surface area (Å²) in [4.78, 5) is 21.3. The second-order valence-corrected chi connectivity index (χ2v) is 11.2. The van der Waals surface area contributed by atoms with Gasteiger partial charge in [-0.1, -0.05) is 69.8 Å². The minimum Gasteiger partial charge on any atom is -0.387 e. The van der Waals surface area contributed by atoms with Crippen molar-refractivity contribution >= 4 is 13.7 Å². The zero-order valence-corrected chi connectivity index (χ0v) is 23.0. The van der Waals surface area contributed by atoms with Crippen molar-refractivity contribution in [1.82, 2.24) is 5.32 Å². The van der Waals surface area contributed by atoms with Crippen LogP contribution in [0.4, 0.5) is 0 Å². The van der Waals surface area contributed by atoms with Gasteiger partial charge in [0.2, 0.25) is 5.91 Å². The SMILES string of the molecule is CCCCCCCCC/C=C/CC/C=C/C(O)C(COP(=O)(O)OCC[N+](C)(C)C)NC(C)=O. The molecule has 0 heterocycles. The minimum absolute atomic E-state index is 0.0526. The van der Waals surface area contributed by atoms with Gasteiger partial charge in [-0.15, -0.1) is 0 Å². The van der Waals surface area contributed by atoms with E-state index >= 15 is 0 Å². The second-order valence-electron chi connectivity index (χ2n) is 9.80. The Balaban J connectivity index is 4.27. The summed E-state index contributed by atoms with van der Waals surface area (Å²) in [7, 11) is 1.54. The van der Waals surface area contributed by atoms with Crippen LogP contribution in [0.2, 0.25) is 0 Å². The molecule has 0 aliphatic heterocycles. The van der Waals surface area contributed by atoms with Crippen LogP contribution in [-0.2, 0) is 18.4 Å². The number of allylic oxidation sites excluding steroid dienone is 3. The fourth-order valence-corrected chi connectivity index (χ4v) is 3.88. The molecule has 3 unspecified atom stereocenters. The van der Waals surface area contributed by atoms with E-state index in [-0.39, 0.29) is 19.1 Å². The zero-order chi connectivity index (χ0) is 25.9. The van der Waals surface area contributed by atoms with Crippen molar-refractivity contribution < 1.29 is 32.9 Å². The van der Waals surface area contributed by atoms with E-state index in [2.05, 4.69) is 24.4 Å². The highest BCUT2D eigenvalue weighted by molar-refractivity contribution is 7.47. The number of nitrogens with one attached hydrogen (secondary N) is 1. The Kier molecular flexibility index (Phi) is 18.6. The normalized spacial score (nSPS) is 16.1. The number of rotatable bonds is 21. The molecular weight excluding hydrogens is 455 g/mol. The van der Waals surface area contributed by atoms with Gasteiger partial charge in [-0.3, -0.25) is 13.8 Å². The standard InChI is InChI=1S/C25H49N2O6P/c1-6-7-8-9-10-11-12-13-14-15-16-17-18-19-25(29)24(26-23(2)28)22-33-34(30,31)32-21-20-27(3,4)5/h14-15,18-19,24-25,29H,6-13,16-17,20-22H2,1-5H3,(H-,26,28,30,31)/p+1/b15-14+,19-18+. The molecule has 0 radical (unpaired) electrons. The van der Waals surface area contributed by atoms with E-state index in [9.17, 15) is 19.4 Å². The number of carbonyl (C=O) groups excluding carboxylic acids is 1. The van der Waals surface area contributed by atoms with Gasteiger partial charge in [-0.25, -0.2) is 4.57 Å². The number of aliphatic hydroxyl groups is 1. The van der Waals surface area contributed by atoms with Crippen LogP contribution < -0.4 is 5.32 Å². The molecule has 1 amide bonds. The van der Waals surface area contributed by atoms with Crippen LogP contribution in [0.15, 0.2) is 24.3 Å². The topological polar surface area (TPSA) is 105 Å². The zero-order valence-electron chi connectivity index (χ0n) is 22.1. The highest BCUT2D eigenvalue weighted by atomic mass is 31.2. The molecule has 3 atom stereocenters. The van der Waals surface area contributed by atoms with Gasteiger partial charge in [-0.2, -0.15) is 0 Å². The first-order valence-corrected chi connectivity index (χ1v) is 14.2. The summed E-state index contributed by atoms with van der Waals surface area (Å²) in [6, 6.07) is -0.857. The molecule has 0 saturated carbocycles. The lowest BCUT2D eigenvalue weighted by molar-refractivity contribution is -0.870. The largest absolute Gasteiger partial charge is 0.472 e. The van der Waals surface area contributed by atoms with Crippen LogP contribution in [-0.4, -0.2) is 73.4 Å². The summed E-state index contributed by atoms with van der Waals surface area (Å²) in [5.41, 5.74) is 0. The first kappa shape index (κ1) is 33.0. The molecule has 0 bridgehead atoms. The number of phosphoric ester groups is 1. The molecule has 0 fully saturated rings. The van der Waals surface area contributed by atoms with E-state index in [1.165, 1.54) is 51.9 Å². The van der Waals surface area contributed by atoms with Crippen molar-refractivity contribution in [3.8, 4) is 0 Å². The van der Waals surface area contributed by atoms with E-state index in [1.807, 2.05) is 27.2 Å². The van der Waals surface area contributed by atoms with Crippen molar-refractivity contribution in [3.63, 3.8) is 0 Å². The van der Waals surface area contributed by atoms with Crippen LogP contribution in [0, 0.1) is 0 Å². The lowest BCUT2D eigenvalue weighted by Gasteiger charge is -2.25. The smallest absolute Gasteiger partial charge is 0.387 e. The third-order valence-corrected chi connectivity index (χ3v) is 6.19. The predicted octanol–water partition coefficient (Wildman–Crippen LogP) is 4.73. The summed E-state index contributed by atoms with van der Waals surface area (Å²) in [5.74, 6) is -0.368. The lowest BCUT2D eigenvalue weighted by atomic mass is 10.1. The van der Waals surface area contributed by atoms with Gasteiger partial charge in [-0.05, 0) is 25.7 Å². The first-order valence-electron chi connectivity index (χ1n) is 12.7. The van der Waals surface area contributed by atoms with Gasteiger partial charge >= 0.3 is 7.82 Å². The maximum Gasteiger partial charge on any atom is 0.472 e. The molecule has 9 heteroatoms. The maximum atomic E-state index is 12.1. The number of hydrogen-bond acceptors (Lipinski definition) is 5. The Morgan fingerprint density at radius 3 is 2.18 bits per heavy atom. The van der Waals surface area contributed by atoms with E-state index in [0.717, 1.165) is 19.3 Å². The molecule has 0 saturated heterocycles. The maximum absolute atomic E-state index is 12.1. The van der Waals surface area contributed by atoms with Crippen molar-refractivity contribution in [2.45, 2.75) is 90.2 Å². The van der Waals surface area contributed by atoms with Crippen LogP contribution in [0.5, 0.6) is 0 Å². The highest BCUT2D eigenvalue weighted by Gasteiger charge is 2.27. The van der Waals surface area contributed by atoms with E-state index in [4.69, 9.17) is 9.05 Å². The first-order chi connectivity index (χ1) is 16.0. The molecule has 34 heavy (non-hydrogen) atoms. The Labute approximate surface area is 207 Å². The average Bonchev–Trinajstić information content (AvgIpc) is 2.73. The van der Waals surface area contributed by atoms with Gasteiger partial charge in [0.25, 0.3) is 0 Å². The number of quaternary nitrogens is 1. The van der Waals surface area contributed by atoms with Crippen molar-refractivity contribution in [3.05, 3.63) is 24.3 Å². The van der Waals surface area contributed by atoms with Crippen molar-refractivity contribution in [2.75, 3.05) is 40.9 Å². The van der Waals surface area contributed by atoms with E-state index in [0.29, 0.717) is 11.0 Å². The Morgan fingerprint density at radius 2 is 1.56 bits per heavy atom. The predicted molar refractivity (Wildman–Crippen MR) is 138 cm³/mol. The number of unbranched alkanes of at least 4 members (excludes halogenated alkanes) is 8. The van der Waals surface area contributed by atoms with Crippen molar-refractivity contribution in [1.29, 1.82) is 0 Å². The number of carbonyl (C=O) groups is 1. The summed E-state index contributed by atoms with van der Waals surface area (Å²) in [6.45, 7) is 3.79. The number of phosphoric acid groups is 1. The monoisotopic (exact) mass is 505 g/mol. The van der Waals surface area contributed by atoms with Crippen molar-refractivity contribution in [2.24, 2.45) is 0 Å². The fraction of sp³-hybridized carbons (Fsp3) is 0.800. The van der Waals surface area contributed by atoms with Gasteiger partial charge < -0.3 is 19.8 Å². The van der Waals surface area contributed by atoms with Gasteiger partial charge in [0.1, 0.15) is 13.2 Å². The Morgan fingerprint density at radius 1 is 0.971 bits per heavy atom. The molecular formula is C25H50N2O6P+. The number of amides is 1. The summed E-state index contributed by atoms with van der Waals surface area (Å²) in [6.07, 6.45) is 18.6. The number of aliphatic hydroxyl groups excluding tert-OH is 1. The van der Waals surface area contributed by atoms with Crippen LogP contribution in [0.1, 0.15) is 78.1 Å². The van der Waals surface area contributed by atoms with Gasteiger partial charge in [0.15, 0.2) is 0 Å². The quantitative estimate of drug-likeness (QED) is 0.0902. The van der Waals surface area contributed by atoms with Crippen LogP contribution >= 0.6 is 7.82 Å². The summed E-state index contributed by atoms with van der Waals surface area (Å²) < 4.78 is 22.6. The fourth-order valence-electron chi connectivity index (χ4n) is 3.15. The highest BCUT2D eigenvalue weighted by Crippen LogP contribution is 2.43. The molecule has 0 aliphatic rings. The third-order valence-electron chi connectivity index (χ3n) is 5.21. The second kappa shape index (κ2) is 19.2.